The largest absolute Gasteiger partial charge is 0.386 e. The first-order valence-electron chi connectivity index (χ1n) is 7.09. The van der Waals surface area contributed by atoms with Crippen LogP contribution >= 0.6 is 22.7 Å². The number of nitrogens with one attached hydrogen (secondary N) is 1. The zero-order chi connectivity index (χ0) is 16.4. The number of rotatable bonds is 5. The zero-order valence-electron chi connectivity index (χ0n) is 12.4. The van der Waals surface area contributed by atoms with E-state index in [2.05, 4.69) is 5.32 Å². The van der Waals surface area contributed by atoms with Gasteiger partial charge in [0, 0.05) is 27.1 Å². The Kier molecular flexibility index (Phi) is 4.56. The highest BCUT2D eigenvalue weighted by molar-refractivity contribution is 7.19. The highest BCUT2D eigenvalue weighted by Gasteiger charge is 2.15. The van der Waals surface area contributed by atoms with Crippen LogP contribution in [0.5, 0.6) is 0 Å². The molecule has 0 fully saturated rings. The molecular formula is C17H15NO3S2. The Balaban J connectivity index is 1.64. The molecule has 0 spiro atoms. The monoisotopic (exact) mass is 345 g/mol. The molecule has 3 aromatic rings. The second kappa shape index (κ2) is 6.62. The molecule has 6 heteroatoms. The minimum Gasteiger partial charge on any atom is -0.386 e. The fraction of sp³-hybridized carbons (Fsp3) is 0.176. The van der Waals surface area contributed by atoms with Gasteiger partial charge in [0.05, 0.1) is 4.88 Å². The molecule has 0 saturated heterocycles. The Morgan fingerprint density at radius 2 is 2.04 bits per heavy atom. The highest BCUT2D eigenvalue weighted by atomic mass is 32.1. The van der Waals surface area contributed by atoms with E-state index in [1.54, 1.807) is 11.4 Å². The van der Waals surface area contributed by atoms with Crippen molar-refractivity contribution in [2.75, 3.05) is 6.54 Å². The average Bonchev–Trinajstić information content (AvgIpc) is 3.18. The van der Waals surface area contributed by atoms with Crippen molar-refractivity contribution in [1.82, 2.24) is 5.32 Å². The molecule has 2 aromatic heterocycles. The van der Waals surface area contributed by atoms with Crippen molar-refractivity contribution in [3.8, 4) is 0 Å². The molecule has 1 atom stereocenters. The summed E-state index contributed by atoms with van der Waals surface area (Å²) in [4.78, 5) is 24.6. The lowest BCUT2D eigenvalue weighted by Gasteiger charge is -2.09. The van der Waals surface area contributed by atoms with Crippen LogP contribution in [0.1, 0.15) is 37.9 Å². The molecule has 0 bridgehead atoms. The van der Waals surface area contributed by atoms with Gasteiger partial charge < -0.3 is 10.4 Å². The first-order chi connectivity index (χ1) is 11.0. The van der Waals surface area contributed by atoms with Gasteiger partial charge in [-0.05, 0) is 30.5 Å². The molecule has 1 amide bonds. The van der Waals surface area contributed by atoms with Crippen LogP contribution in [0.2, 0.25) is 0 Å². The lowest BCUT2D eigenvalue weighted by molar-refractivity contribution is 0.0922. The molecule has 1 aromatic carbocycles. The topological polar surface area (TPSA) is 66.4 Å². The van der Waals surface area contributed by atoms with Gasteiger partial charge in [-0.1, -0.05) is 18.2 Å². The molecule has 2 N–H and O–H groups in total. The molecule has 23 heavy (non-hydrogen) atoms. The van der Waals surface area contributed by atoms with Crippen LogP contribution < -0.4 is 5.32 Å². The first-order valence-corrected chi connectivity index (χ1v) is 8.78. The van der Waals surface area contributed by atoms with E-state index in [0.717, 1.165) is 15.0 Å². The van der Waals surface area contributed by atoms with Crippen molar-refractivity contribution < 1.29 is 14.7 Å². The number of fused-ring (bicyclic) bond motifs is 1. The summed E-state index contributed by atoms with van der Waals surface area (Å²) in [6, 6.07) is 11.4. The van der Waals surface area contributed by atoms with Crippen LogP contribution in [0.4, 0.5) is 0 Å². The number of aliphatic hydroxyl groups is 1. The maximum atomic E-state index is 12.1. The van der Waals surface area contributed by atoms with E-state index in [4.69, 9.17) is 0 Å². The number of carbonyl (C=O) groups is 2. The van der Waals surface area contributed by atoms with Gasteiger partial charge in [-0.3, -0.25) is 9.59 Å². The molecule has 0 aliphatic rings. The Morgan fingerprint density at radius 3 is 2.74 bits per heavy atom. The van der Waals surface area contributed by atoms with Crippen LogP contribution in [0.15, 0.2) is 41.8 Å². The number of ketones is 1. The van der Waals surface area contributed by atoms with Gasteiger partial charge in [-0.15, -0.1) is 22.7 Å². The summed E-state index contributed by atoms with van der Waals surface area (Å²) in [5.41, 5.74) is 0.533. The van der Waals surface area contributed by atoms with Crippen LogP contribution in [-0.4, -0.2) is 23.3 Å². The minimum atomic E-state index is -0.747. The average molecular weight is 345 g/mol. The first kappa shape index (κ1) is 15.9. The number of hydrogen-bond acceptors (Lipinski definition) is 5. The molecule has 0 aliphatic carbocycles. The summed E-state index contributed by atoms with van der Waals surface area (Å²) < 4.78 is 1.11. The maximum absolute atomic E-state index is 12.1. The number of aliphatic hydroxyl groups excluding tert-OH is 1. The second-order valence-electron chi connectivity index (χ2n) is 5.17. The summed E-state index contributed by atoms with van der Waals surface area (Å²) in [6.07, 6.45) is -0.747. The van der Waals surface area contributed by atoms with Crippen molar-refractivity contribution in [2.24, 2.45) is 0 Å². The Bertz CT molecular complexity index is 832. The van der Waals surface area contributed by atoms with Gasteiger partial charge in [0.2, 0.25) is 0 Å². The Morgan fingerprint density at radius 1 is 1.26 bits per heavy atom. The summed E-state index contributed by atoms with van der Waals surface area (Å²) >= 11 is 2.74. The second-order valence-corrected chi connectivity index (χ2v) is 7.19. The number of thiophene rings is 2. The van der Waals surface area contributed by atoms with Crippen LogP contribution in [0.3, 0.4) is 0 Å². The molecule has 0 radical (unpaired) electrons. The maximum Gasteiger partial charge on any atom is 0.261 e. The molecule has 0 unspecified atom stereocenters. The van der Waals surface area contributed by atoms with E-state index in [1.807, 2.05) is 30.3 Å². The van der Waals surface area contributed by atoms with Gasteiger partial charge in [-0.2, -0.15) is 0 Å². The Hall–Kier alpha value is -2.02. The lowest BCUT2D eigenvalue weighted by atomic mass is 10.2. The predicted octanol–water partition coefficient (Wildman–Crippen LogP) is 3.63. The smallest absolute Gasteiger partial charge is 0.261 e. The normalized spacial score (nSPS) is 12.3. The number of amides is 1. The van der Waals surface area contributed by atoms with E-state index in [9.17, 15) is 14.7 Å². The van der Waals surface area contributed by atoms with Gasteiger partial charge in [-0.25, -0.2) is 0 Å². The Labute approximate surface area is 141 Å². The summed E-state index contributed by atoms with van der Waals surface area (Å²) in [6.45, 7) is 1.61. The van der Waals surface area contributed by atoms with Gasteiger partial charge in [0.25, 0.3) is 5.91 Å². The molecule has 3 rings (SSSR count). The lowest BCUT2D eigenvalue weighted by Crippen LogP contribution is -2.27. The molecular weight excluding hydrogens is 330 g/mol. The molecule has 0 saturated carbocycles. The number of carbonyl (C=O) groups excluding carboxylic acids is 2. The quantitative estimate of drug-likeness (QED) is 0.694. The van der Waals surface area contributed by atoms with E-state index >= 15 is 0 Å². The SMILES string of the molecule is CC(=O)c1csc(C(=O)NC[C@H](O)c2cc3ccccc3s2)c1. The number of benzene rings is 1. The van der Waals surface area contributed by atoms with E-state index < -0.39 is 6.10 Å². The molecule has 2 heterocycles. The highest BCUT2D eigenvalue weighted by Crippen LogP contribution is 2.29. The van der Waals surface area contributed by atoms with Crippen molar-refractivity contribution in [3.63, 3.8) is 0 Å². The standard InChI is InChI=1S/C17H15NO3S2/c1-10(19)12-7-16(22-9-12)17(21)18-8-13(20)15-6-11-4-2-3-5-14(11)23-15/h2-7,9,13,20H,8H2,1H3,(H,18,21)/t13-/m0/s1. The zero-order valence-corrected chi connectivity index (χ0v) is 14.0. The van der Waals surface area contributed by atoms with Crippen LogP contribution in [-0.2, 0) is 0 Å². The third-order valence-corrected chi connectivity index (χ3v) is 5.61. The minimum absolute atomic E-state index is 0.0642. The van der Waals surface area contributed by atoms with E-state index in [-0.39, 0.29) is 18.2 Å². The fourth-order valence-corrected chi connectivity index (χ4v) is 4.10. The number of Topliss-reactive ketones (excluding diaryl/α,β-unsaturated/α-hetero) is 1. The van der Waals surface area contributed by atoms with Crippen molar-refractivity contribution in [1.29, 1.82) is 0 Å². The summed E-state index contributed by atoms with van der Waals surface area (Å²) in [5.74, 6) is -0.340. The summed E-state index contributed by atoms with van der Waals surface area (Å²) in [5, 5.41) is 15.7. The third-order valence-electron chi connectivity index (χ3n) is 3.46. The summed E-state index contributed by atoms with van der Waals surface area (Å²) in [7, 11) is 0. The number of hydrogen-bond donors (Lipinski definition) is 2. The van der Waals surface area contributed by atoms with Gasteiger partial charge in [0.1, 0.15) is 6.10 Å². The van der Waals surface area contributed by atoms with E-state index in [0.29, 0.717) is 10.4 Å². The van der Waals surface area contributed by atoms with Crippen LogP contribution in [0.25, 0.3) is 10.1 Å². The molecule has 118 valence electrons. The van der Waals surface area contributed by atoms with E-state index in [1.165, 1.54) is 29.6 Å². The van der Waals surface area contributed by atoms with Crippen molar-refractivity contribution in [2.45, 2.75) is 13.0 Å². The third kappa shape index (κ3) is 3.50. The predicted molar refractivity (Wildman–Crippen MR) is 93.4 cm³/mol. The van der Waals surface area contributed by atoms with Gasteiger partial charge >= 0.3 is 0 Å². The van der Waals surface area contributed by atoms with Crippen molar-refractivity contribution in [3.05, 3.63) is 57.1 Å². The van der Waals surface area contributed by atoms with Gasteiger partial charge in [0.15, 0.2) is 5.78 Å². The molecule has 4 nitrogen and oxygen atoms in total. The fourth-order valence-electron chi connectivity index (χ4n) is 2.18. The van der Waals surface area contributed by atoms with Crippen LogP contribution in [0, 0.1) is 0 Å². The molecule has 0 aliphatic heterocycles. The van der Waals surface area contributed by atoms with Crippen molar-refractivity contribution >= 4 is 44.5 Å².